The molecule has 1 aromatic heterocycles. The fourth-order valence-corrected chi connectivity index (χ4v) is 1.79. The highest BCUT2D eigenvalue weighted by atomic mass is 19.2. The Hall–Kier alpha value is -2.24. The Bertz CT molecular complexity index is 596. The highest BCUT2D eigenvalue weighted by Crippen LogP contribution is 2.23. The lowest BCUT2D eigenvalue weighted by Crippen LogP contribution is -2.04. The maximum atomic E-state index is 13.2. The molecule has 0 aliphatic carbocycles. The minimum Gasteiger partial charge on any atom is -0.439 e. The van der Waals surface area contributed by atoms with Gasteiger partial charge < -0.3 is 10.1 Å². The Labute approximate surface area is 122 Å². The summed E-state index contributed by atoms with van der Waals surface area (Å²) in [4.78, 5) is 8.61. The van der Waals surface area contributed by atoms with Crippen LogP contribution in [0.3, 0.4) is 0 Å². The molecule has 0 fully saturated rings. The number of ether oxygens (including phenoxy) is 1. The molecular weight excluding hydrogens is 276 g/mol. The molecule has 112 valence electrons. The van der Waals surface area contributed by atoms with E-state index in [4.69, 9.17) is 4.74 Å². The standard InChI is InChI=1S/C15H17F2N3O/c1-3-5-13-19-14(18-4-2)9-15(20-13)21-10-6-7-11(16)12(17)8-10/h6-9H,3-5H2,1-2H3,(H,18,19,20). The van der Waals surface area contributed by atoms with Crippen LogP contribution in [0.1, 0.15) is 26.1 Å². The summed E-state index contributed by atoms with van der Waals surface area (Å²) >= 11 is 0. The van der Waals surface area contributed by atoms with Crippen molar-refractivity contribution < 1.29 is 13.5 Å². The first-order valence-electron chi connectivity index (χ1n) is 6.87. The van der Waals surface area contributed by atoms with Crippen LogP contribution in [0.4, 0.5) is 14.6 Å². The van der Waals surface area contributed by atoms with E-state index in [1.54, 1.807) is 6.07 Å². The lowest BCUT2D eigenvalue weighted by atomic mass is 10.3. The third-order valence-corrected chi connectivity index (χ3v) is 2.69. The molecule has 0 bridgehead atoms. The van der Waals surface area contributed by atoms with E-state index in [0.29, 0.717) is 30.5 Å². The van der Waals surface area contributed by atoms with Crippen molar-refractivity contribution in [3.05, 3.63) is 41.7 Å². The van der Waals surface area contributed by atoms with E-state index in [1.807, 2.05) is 13.8 Å². The van der Waals surface area contributed by atoms with Gasteiger partial charge in [0.15, 0.2) is 11.6 Å². The molecule has 4 nitrogen and oxygen atoms in total. The summed E-state index contributed by atoms with van der Waals surface area (Å²) in [5.41, 5.74) is 0. The van der Waals surface area contributed by atoms with E-state index in [2.05, 4.69) is 15.3 Å². The summed E-state index contributed by atoms with van der Waals surface area (Å²) in [5.74, 6) is -0.0812. The SMILES string of the molecule is CCCc1nc(NCC)cc(Oc2ccc(F)c(F)c2)n1. The molecule has 0 saturated carbocycles. The van der Waals surface area contributed by atoms with E-state index >= 15 is 0 Å². The van der Waals surface area contributed by atoms with E-state index in [0.717, 1.165) is 18.6 Å². The Morgan fingerprint density at radius 2 is 1.90 bits per heavy atom. The van der Waals surface area contributed by atoms with Gasteiger partial charge in [-0.05, 0) is 25.5 Å². The van der Waals surface area contributed by atoms with Crippen LogP contribution in [0, 0.1) is 11.6 Å². The average molecular weight is 293 g/mol. The van der Waals surface area contributed by atoms with Crippen LogP contribution in [0.2, 0.25) is 0 Å². The monoisotopic (exact) mass is 293 g/mol. The van der Waals surface area contributed by atoms with Gasteiger partial charge in [-0.15, -0.1) is 0 Å². The van der Waals surface area contributed by atoms with Crippen molar-refractivity contribution in [1.29, 1.82) is 0 Å². The van der Waals surface area contributed by atoms with Crippen LogP contribution in [0.15, 0.2) is 24.3 Å². The fourth-order valence-electron chi connectivity index (χ4n) is 1.79. The molecule has 1 aromatic carbocycles. The van der Waals surface area contributed by atoms with Gasteiger partial charge in [0.2, 0.25) is 5.88 Å². The van der Waals surface area contributed by atoms with Crippen LogP contribution in [0.5, 0.6) is 11.6 Å². The topological polar surface area (TPSA) is 47.0 Å². The van der Waals surface area contributed by atoms with Crippen LogP contribution < -0.4 is 10.1 Å². The molecule has 1 heterocycles. The summed E-state index contributed by atoms with van der Waals surface area (Å²) in [6, 6.07) is 4.99. The van der Waals surface area contributed by atoms with Crippen LogP contribution in [-0.2, 0) is 6.42 Å². The zero-order chi connectivity index (χ0) is 15.2. The quantitative estimate of drug-likeness (QED) is 0.876. The first-order chi connectivity index (χ1) is 10.1. The normalized spacial score (nSPS) is 10.5. The average Bonchev–Trinajstić information content (AvgIpc) is 2.43. The van der Waals surface area contributed by atoms with Gasteiger partial charge in [0, 0.05) is 25.1 Å². The van der Waals surface area contributed by atoms with Crippen molar-refractivity contribution in [2.24, 2.45) is 0 Å². The first kappa shape index (κ1) is 15.2. The van der Waals surface area contributed by atoms with Crippen molar-refractivity contribution >= 4 is 5.82 Å². The van der Waals surface area contributed by atoms with Gasteiger partial charge in [0.1, 0.15) is 17.4 Å². The number of aromatic nitrogens is 2. The predicted molar refractivity (Wildman–Crippen MR) is 76.6 cm³/mol. The maximum absolute atomic E-state index is 13.2. The molecule has 0 saturated heterocycles. The highest BCUT2D eigenvalue weighted by Gasteiger charge is 2.08. The molecule has 0 aliphatic rings. The molecule has 0 unspecified atom stereocenters. The van der Waals surface area contributed by atoms with Crippen LogP contribution in [0.25, 0.3) is 0 Å². The second-order valence-corrected chi connectivity index (χ2v) is 4.47. The number of nitrogens with one attached hydrogen (secondary N) is 1. The zero-order valence-electron chi connectivity index (χ0n) is 12.0. The van der Waals surface area contributed by atoms with Gasteiger partial charge in [-0.1, -0.05) is 6.92 Å². The zero-order valence-corrected chi connectivity index (χ0v) is 12.0. The summed E-state index contributed by atoms with van der Waals surface area (Å²) in [6.45, 7) is 4.70. The smallest absolute Gasteiger partial charge is 0.224 e. The second-order valence-electron chi connectivity index (χ2n) is 4.47. The van der Waals surface area contributed by atoms with Gasteiger partial charge in [-0.25, -0.2) is 13.8 Å². The minimum atomic E-state index is -0.956. The Balaban J connectivity index is 2.26. The molecular formula is C15H17F2N3O. The number of halogens is 2. The third-order valence-electron chi connectivity index (χ3n) is 2.69. The van der Waals surface area contributed by atoms with E-state index in [-0.39, 0.29) is 5.75 Å². The van der Waals surface area contributed by atoms with Crippen LogP contribution >= 0.6 is 0 Å². The summed E-state index contributed by atoms with van der Waals surface area (Å²) in [7, 11) is 0. The number of nitrogens with zero attached hydrogens (tertiary/aromatic N) is 2. The Morgan fingerprint density at radius 3 is 2.57 bits per heavy atom. The van der Waals surface area contributed by atoms with E-state index in [1.165, 1.54) is 6.07 Å². The molecule has 21 heavy (non-hydrogen) atoms. The van der Waals surface area contributed by atoms with Gasteiger partial charge >= 0.3 is 0 Å². The lowest BCUT2D eigenvalue weighted by molar-refractivity contribution is 0.444. The van der Waals surface area contributed by atoms with Crippen molar-refractivity contribution in [2.75, 3.05) is 11.9 Å². The summed E-state index contributed by atoms with van der Waals surface area (Å²) in [6.07, 6.45) is 1.62. The van der Waals surface area contributed by atoms with Crippen molar-refractivity contribution in [1.82, 2.24) is 9.97 Å². The molecule has 6 heteroatoms. The minimum absolute atomic E-state index is 0.192. The van der Waals surface area contributed by atoms with Gasteiger partial charge in [0.05, 0.1) is 0 Å². The van der Waals surface area contributed by atoms with Crippen LogP contribution in [-0.4, -0.2) is 16.5 Å². The van der Waals surface area contributed by atoms with Gasteiger partial charge in [-0.3, -0.25) is 0 Å². The van der Waals surface area contributed by atoms with E-state index in [9.17, 15) is 8.78 Å². The fraction of sp³-hybridized carbons (Fsp3) is 0.333. The van der Waals surface area contributed by atoms with E-state index < -0.39 is 11.6 Å². The Morgan fingerprint density at radius 1 is 1.10 bits per heavy atom. The molecule has 0 aliphatic heterocycles. The molecule has 0 amide bonds. The third kappa shape index (κ3) is 4.11. The maximum Gasteiger partial charge on any atom is 0.224 e. The molecule has 2 aromatic rings. The summed E-state index contributed by atoms with van der Waals surface area (Å²) < 4.78 is 31.6. The number of hydrogen-bond donors (Lipinski definition) is 1. The van der Waals surface area contributed by atoms with Crippen molar-refractivity contribution in [2.45, 2.75) is 26.7 Å². The first-order valence-corrected chi connectivity index (χ1v) is 6.87. The number of benzene rings is 1. The number of hydrogen-bond acceptors (Lipinski definition) is 4. The van der Waals surface area contributed by atoms with Gasteiger partial charge in [0.25, 0.3) is 0 Å². The second kappa shape index (κ2) is 6.97. The lowest BCUT2D eigenvalue weighted by Gasteiger charge is -2.09. The van der Waals surface area contributed by atoms with Gasteiger partial charge in [-0.2, -0.15) is 4.98 Å². The number of aryl methyl sites for hydroxylation is 1. The molecule has 1 N–H and O–H groups in total. The Kier molecular flexibility index (Phi) is 5.03. The number of anilines is 1. The predicted octanol–water partition coefficient (Wildman–Crippen LogP) is 3.93. The molecule has 2 rings (SSSR count). The number of rotatable bonds is 6. The highest BCUT2D eigenvalue weighted by molar-refractivity contribution is 5.40. The van der Waals surface area contributed by atoms with Crippen molar-refractivity contribution in [3.8, 4) is 11.6 Å². The molecule has 0 atom stereocenters. The largest absolute Gasteiger partial charge is 0.439 e. The molecule has 0 radical (unpaired) electrons. The van der Waals surface area contributed by atoms with Crippen molar-refractivity contribution in [3.63, 3.8) is 0 Å². The molecule has 0 spiro atoms. The summed E-state index contributed by atoms with van der Waals surface area (Å²) in [5, 5.41) is 3.09.